The Bertz CT molecular complexity index is 505. The van der Waals surface area contributed by atoms with Crippen LogP contribution < -0.4 is 0 Å². The van der Waals surface area contributed by atoms with Crippen LogP contribution in [0.1, 0.15) is 43.9 Å². The van der Waals surface area contributed by atoms with Gasteiger partial charge >= 0.3 is 6.18 Å². The molecule has 1 saturated heterocycles. The number of halogens is 3. The fourth-order valence-electron chi connectivity index (χ4n) is 2.64. The van der Waals surface area contributed by atoms with E-state index in [1.807, 2.05) is 25.7 Å². The number of nitrogens with zero attached hydrogens (tertiary/aromatic N) is 1. The largest absolute Gasteiger partial charge is 0.416 e. The van der Waals surface area contributed by atoms with E-state index >= 15 is 0 Å². The molecular weight excluding hydrogens is 279 g/mol. The zero-order valence-electron chi connectivity index (χ0n) is 12.7. The van der Waals surface area contributed by atoms with Crippen molar-refractivity contribution >= 4 is 0 Å². The fourth-order valence-corrected chi connectivity index (χ4v) is 2.64. The van der Waals surface area contributed by atoms with Crippen LogP contribution in [0.25, 0.3) is 0 Å². The van der Waals surface area contributed by atoms with Crippen molar-refractivity contribution in [1.29, 1.82) is 0 Å². The van der Waals surface area contributed by atoms with Gasteiger partial charge in [-0.15, -0.1) is 0 Å². The van der Waals surface area contributed by atoms with E-state index in [0.29, 0.717) is 25.1 Å². The van der Waals surface area contributed by atoms with E-state index in [9.17, 15) is 18.3 Å². The maximum Gasteiger partial charge on any atom is 0.416 e. The predicted molar refractivity (Wildman–Crippen MR) is 76.0 cm³/mol. The molecule has 1 atom stereocenters. The molecule has 0 bridgehead atoms. The van der Waals surface area contributed by atoms with Crippen LogP contribution in [0.2, 0.25) is 0 Å². The monoisotopic (exact) mass is 301 g/mol. The number of rotatable bonds is 2. The van der Waals surface area contributed by atoms with Crippen LogP contribution in [0.3, 0.4) is 0 Å². The van der Waals surface area contributed by atoms with Gasteiger partial charge in [0.25, 0.3) is 0 Å². The third-order valence-corrected chi connectivity index (χ3v) is 3.92. The SMILES string of the molecule is CC(C)(C)c1ccc(CN2CCC(O)C2)c(C(F)(F)F)c1. The lowest BCUT2D eigenvalue weighted by Crippen LogP contribution is -2.24. The van der Waals surface area contributed by atoms with Gasteiger partial charge in [0, 0.05) is 19.6 Å². The van der Waals surface area contributed by atoms with Gasteiger partial charge in [-0.1, -0.05) is 32.9 Å². The van der Waals surface area contributed by atoms with Crippen LogP contribution in [-0.2, 0) is 18.1 Å². The lowest BCUT2D eigenvalue weighted by Gasteiger charge is -2.24. The molecule has 1 aromatic carbocycles. The normalized spacial score (nSPS) is 21.0. The minimum atomic E-state index is -4.35. The van der Waals surface area contributed by atoms with Crippen molar-refractivity contribution in [3.63, 3.8) is 0 Å². The first-order valence-corrected chi connectivity index (χ1v) is 7.18. The molecule has 2 nitrogen and oxygen atoms in total. The van der Waals surface area contributed by atoms with Gasteiger partial charge in [-0.25, -0.2) is 0 Å². The van der Waals surface area contributed by atoms with Gasteiger partial charge in [-0.05, 0) is 29.0 Å². The number of aliphatic hydroxyl groups excluding tert-OH is 1. The van der Waals surface area contributed by atoms with E-state index in [1.54, 1.807) is 12.1 Å². The number of hydrogen-bond acceptors (Lipinski definition) is 2. The number of aliphatic hydroxyl groups is 1. The van der Waals surface area contributed by atoms with E-state index in [2.05, 4.69) is 0 Å². The van der Waals surface area contributed by atoms with Crippen molar-refractivity contribution in [2.24, 2.45) is 0 Å². The Morgan fingerprint density at radius 2 is 1.90 bits per heavy atom. The molecule has 0 radical (unpaired) electrons. The van der Waals surface area contributed by atoms with Crippen LogP contribution in [-0.4, -0.2) is 29.2 Å². The van der Waals surface area contributed by atoms with E-state index in [4.69, 9.17) is 0 Å². The second-order valence-corrected chi connectivity index (χ2v) is 6.80. The molecular formula is C16H22F3NO. The highest BCUT2D eigenvalue weighted by molar-refractivity contribution is 5.37. The van der Waals surface area contributed by atoms with E-state index in [0.717, 1.165) is 0 Å². The Labute approximate surface area is 123 Å². The highest BCUT2D eigenvalue weighted by Crippen LogP contribution is 2.36. The Morgan fingerprint density at radius 1 is 1.24 bits per heavy atom. The highest BCUT2D eigenvalue weighted by Gasteiger charge is 2.35. The van der Waals surface area contributed by atoms with Crippen LogP contribution >= 0.6 is 0 Å². The van der Waals surface area contributed by atoms with Gasteiger partial charge in [0.1, 0.15) is 0 Å². The molecule has 1 aliphatic rings. The topological polar surface area (TPSA) is 23.5 Å². The summed E-state index contributed by atoms with van der Waals surface area (Å²) in [5.41, 5.74) is 0.0866. The van der Waals surface area contributed by atoms with Crippen LogP contribution in [0.4, 0.5) is 13.2 Å². The molecule has 0 aliphatic carbocycles. The zero-order valence-corrected chi connectivity index (χ0v) is 12.7. The molecule has 0 spiro atoms. The third-order valence-electron chi connectivity index (χ3n) is 3.92. The first-order valence-electron chi connectivity index (χ1n) is 7.18. The molecule has 0 amide bonds. The zero-order chi connectivity index (χ0) is 15.8. The summed E-state index contributed by atoms with van der Waals surface area (Å²) in [5.74, 6) is 0. The number of likely N-dealkylation sites (tertiary alicyclic amines) is 1. The van der Waals surface area contributed by atoms with Crippen molar-refractivity contribution in [3.8, 4) is 0 Å². The Balaban J connectivity index is 2.32. The van der Waals surface area contributed by atoms with Crippen molar-refractivity contribution < 1.29 is 18.3 Å². The van der Waals surface area contributed by atoms with Gasteiger partial charge in [-0.2, -0.15) is 13.2 Å². The van der Waals surface area contributed by atoms with Gasteiger partial charge in [0.05, 0.1) is 11.7 Å². The first kappa shape index (κ1) is 16.3. The number of β-amino-alcohol motifs (C(OH)–C–C–N with tert-alkyl or cyclic N) is 1. The maximum absolute atomic E-state index is 13.3. The number of benzene rings is 1. The minimum Gasteiger partial charge on any atom is -0.392 e. The summed E-state index contributed by atoms with van der Waals surface area (Å²) in [6, 6.07) is 4.62. The van der Waals surface area contributed by atoms with E-state index in [-0.39, 0.29) is 17.5 Å². The molecule has 1 aromatic rings. The average molecular weight is 301 g/mol. The van der Waals surface area contributed by atoms with Crippen LogP contribution in [0, 0.1) is 0 Å². The molecule has 118 valence electrons. The molecule has 0 aromatic heterocycles. The second kappa shape index (κ2) is 5.61. The molecule has 1 heterocycles. The van der Waals surface area contributed by atoms with Gasteiger partial charge in [0.15, 0.2) is 0 Å². The maximum atomic E-state index is 13.3. The van der Waals surface area contributed by atoms with Crippen molar-refractivity contribution in [2.45, 2.75) is 51.4 Å². The van der Waals surface area contributed by atoms with Crippen LogP contribution in [0.15, 0.2) is 18.2 Å². The Morgan fingerprint density at radius 3 is 2.38 bits per heavy atom. The first-order chi connectivity index (χ1) is 9.57. The molecule has 5 heteroatoms. The molecule has 1 aliphatic heterocycles. The summed E-state index contributed by atoms with van der Waals surface area (Å²) < 4.78 is 39.9. The molecule has 1 unspecified atom stereocenters. The van der Waals surface area contributed by atoms with Crippen molar-refractivity contribution in [1.82, 2.24) is 4.90 Å². The highest BCUT2D eigenvalue weighted by atomic mass is 19.4. The average Bonchev–Trinajstić information content (AvgIpc) is 2.72. The third kappa shape index (κ3) is 3.98. The summed E-state index contributed by atoms with van der Waals surface area (Å²) in [5, 5.41) is 9.49. The van der Waals surface area contributed by atoms with Crippen molar-refractivity contribution in [2.75, 3.05) is 13.1 Å². The molecule has 2 rings (SSSR count). The molecule has 21 heavy (non-hydrogen) atoms. The predicted octanol–water partition coefficient (Wildman–Crippen LogP) is 3.57. The summed E-state index contributed by atoms with van der Waals surface area (Å²) >= 11 is 0. The Kier molecular flexibility index (Phi) is 4.36. The second-order valence-electron chi connectivity index (χ2n) is 6.80. The van der Waals surface area contributed by atoms with E-state index in [1.165, 1.54) is 6.07 Å². The summed E-state index contributed by atoms with van der Waals surface area (Å²) in [7, 11) is 0. The quantitative estimate of drug-likeness (QED) is 0.902. The molecule has 1 N–H and O–H groups in total. The van der Waals surface area contributed by atoms with Crippen molar-refractivity contribution in [3.05, 3.63) is 34.9 Å². The van der Waals surface area contributed by atoms with Gasteiger partial charge in [-0.3, -0.25) is 4.90 Å². The number of alkyl halides is 3. The van der Waals surface area contributed by atoms with E-state index < -0.39 is 17.8 Å². The molecule has 1 fully saturated rings. The fraction of sp³-hybridized carbons (Fsp3) is 0.625. The summed E-state index contributed by atoms with van der Waals surface area (Å²) in [4.78, 5) is 1.87. The molecule has 0 saturated carbocycles. The summed E-state index contributed by atoms with van der Waals surface area (Å²) in [6.45, 7) is 7.02. The standard InChI is InChI=1S/C16H22F3NO/c1-15(2,3)12-5-4-11(14(8-12)16(17,18)19)9-20-7-6-13(21)10-20/h4-5,8,13,21H,6-7,9-10H2,1-3H3. The number of hydrogen-bond donors (Lipinski definition) is 1. The van der Waals surface area contributed by atoms with Crippen LogP contribution in [0.5, 0.6) is 0 Å². The lowest BCUT2D eigenvalue weighted by atomic mass is 9.85. The van der Waals surface area contributed by atoms with Gasteiger partial charge in [0.2, 0.25) is 0 Å². The Hall–Kier alpha value is -1.07. The summed E-state index contributed by atoms with van der Waals surface area (Å²) in [6.07, 6.45) is -4.15. The van der Waals surface area contributed by atoms with Gasteiger partial charge < -0.3 is 5.11 Å². The minimum absolute atomic E-state index is 0.232. The lowest BCUT2D eigenvalue weighted by molar-refractivity contribution is -0.138. The smallest absolute Gasteiger partial charge is 0.392 e.